The fourth-order valence-corrected chi connectivity index (χ4v) is 4.73. The molecule has 0 saturated carbocycles. The van der Waals surface area contributed by atoms with E-state index in [9.17, 15) is 23.2 Å². The molecular weight excluding hydrogens is 544 g/mol. The number of ether oxygens (including phenoxy) is 1. The number of amides is 1. The first-order valence-corrected chi connectivity index (χ1v) is 13.4. The number of benzene rings is 2. The lowest BCUT2D eigenvalue weighted by molar-refractivity contribution is 0.00683. The van der Waals surface area contributed by atoms with Gasteiger partial charge in [0.15, 0.2) is 11.4 Å². The second-order valence-electron chi connectivity index (χ2n) is 11.1. The van der Waals surface area contributed by atoms with Crippen LogP contribution in [0.2, 0.25) is 0 Å². The Kier molecular flexibility index (Phi) is 8.81. The van der Waals surface area contributed by atoms with Crippen molar-refractivity contribution in [1.29, 1.82) is 0 Å². The van der Waals surface area contributed by atoms with Gasteiger partial charge in [-0.15, -0.1) is 0 Å². The number of aromatic nitrogens is 3. The first-order chi connectivity index (χ1) is 19.7. The molecule has 9 nitrogen and oxygen atoms in total. The number of hydrogen-bond donors (Lipinski definition) is 2. The van der Waals surface area contributed by atoms with Crippen molar-refractivity contribution in [2.75, 3.05) is 0 Å². The van der Waals surface area contributed by atoms with Gasteiger partial charge < -0.3 is 15.8 Å². The van der Waals surface area contributed by atoms with Crippen LogP contribution in [0, 0.1) is 18.6 Å². The topological polar surface area (TPSA) is 129 Å². The standard InChI is InChI=1S/C16H12F2N4O2.C15H21NO2/c1-9(23)14-7-13(21-15-2-3-20-22(14)15)16(24)19-8-10-4-11(17)6-12(18)5-10;1-9-10-7-8-13(16)12(10)6-5-11(9)14(17)18-15(2,3)4/h2-7H,8H2,1H3,(H,19,24);5-6,13H,7-8,16H2,1-4H3/t;13-/m.0/s1. The molecule has 220 valence electrons. The highest BCUT2D eigenvalue weighted by atomic mass is 19.1. The summed E-state index contributed by atoms with van der Waals surface area (Å²) in [7, 11) is 0. The number of nitrogens with one attached hydrogen (secondary N) is 1. The van der Waals surface area contributed by atoms with Gasteiger partial charge in [0.1, 0.15) is 28.6 Å². The molecule has 3 N–H and O–H groups in total. The molecule has 1 aliphatic rings. The average Bonchev–Trinajstić information content (AvgIpc) is 3.52. The Bertz CT molecular complexity index is 1660. The lowest BCUT2D eigenvalue weighted by atomic mass is 9.98. The van der Waals surface area contributed by atoms with Crippen LogP contribution in [0.25, 0.3) is 5.65 Å². The number of nitrogens with zero attached hydrogens (tertiary/aromatic N) is 3. The summed E-state index contributed by atoms with van der Waals surface area (Å²) in [6.07, 6.45) is 3.39. The maximum absolute atomic E-state index is 13.1. The van der Waals surface area contributed by atoms with Crippen molar-refractivity contribution < 1.29 is 27.9 Å². The van der Waals surface area contributed by atoms with Crippen LogP contribution in [-0.2, 0) is 17.7 Å². The van der Waals surface area contributed by atoms with E-state index in [1.54, 1.807) is 6.07 Å². The quantitative estimate of drug-likeness (QED) is 0.251. The number of Topliss-reactive ketones (excluding diaryl/α,β-unsaturated/α-hetero) is 1. The number of carbonyl (C=O) groups is 3. The Hall–Kier alpha value is -4.51. The van der Waals surface area contributed by atoms with Crippen LogP contribution in [0.3, 0.4) is 0 Å². The van der Waals surface area contributed by atoms with Crippen LogP contribution < -0.4 is 11.1 Å². The van der Waals surface area contributed by atoms with Crippen LogP contribution in [-0.4, -0.2) is 37.9 Å². The van der Waals surface area contributed by atoms with E-state index in [0.717, 1.165) is 36.6 Å². The molecule has 2 aromatic carbocycles. The second-order valence-corrected chi connectivity index (χ2v) is 11.1. The normalized spacial score (nSPS) is 14.1. The number of rotatable bonds is 5. The van der Waals surface area contributed by atoms with Crippen molar-refractivity contribution in [2.45, 2.75) is 65.6 Å². The van der Waals surface area contributed by atoms with Crippen molar-refractivity contribution in [2.24, 2.45) is 5.73 Å². The maximum atomic E-state index is 13.1. The predicted molar refractivity (Wildman–Crippen MR) is 152 cm³/mol. The molecule has 0 saturated heterocycles. The van der Waals surface area contributed by atoms with E-state index in [2.05, 4.69) is 15.4 Å². The zero-order valence-corrected chi connectivity index (χ0v) is 24.1. The van der Waals surface area contributed by atoms with Crippen LogP contribution in [0.4, 0.5) is 8.78 Å². The van der Waals surface area contributed by atoms with Crippen LogP contribution >= 0.6 is 0 Å². The van der Waals surface area contributed by atoms with E-state index in [4.69, 9.17) is 10.5 Å². The molecule has 0 fully saturated rings. The monoisotopic (exact) mass is 577 g/mol. The fourth-order valence-electron chi connectivity index (χ4n) is 4.73. The zero-order valence-electron chi connectivity index (χ0n) is 24.1. The minimum Gasteiger partial charge on any atom is -0.456 e. The lowest BCUT2D eigenvalue weighted by Crippen LogP contribution is -2.25. The molecule has 0 unspecified atom stereocenters. The van der Waals surface area contributed by atoms with Crippen molar-refractivity contribution in [3.05, 3.63) is 99.5 Å². The number of esters is 1. The van der Waals surface area contributed by atoms with Gasteiger partial charge in [-0.1, -0.05) is 6.07 Å². The summed E-state index contributed by atoms with van der Waals surface area (Å²) in [6.45, 7) is 8.90. The van der Waals surface area contributed by atoms with E-state index in [1.807, 2.05) is 39.8 Å². The van der Waals surface area contributed by atoms with Crippen molar-refractivity contribution in [3.63, 3.8) is 0 Å². The Balaban J connectivity index is 0.000000201. The van der Waals surface area contributed by atoms with Gasteiger partial charge in [0.2, 0.25) is 0 Å². The van der Waals surface area contributed by atoms with Crippen molar-refractivity contribution in [1.82, 2.24) is 19.9 Å². The largest absolute Gasteiger partial charge is 0.456 e. The number of carbonyl (C=O) groups excluding carboxylic acids is 3. The molecule has 5 rings (SSSR count). The van der Waals surface area contributed by atoms with E-state index < -0.39 is 23.1 Å². The number of nitrogens with two attached hydrogens (primary N) is 1. The van der Waals surface area contributed by atoms with Gasteiger partial charge in [0, 0.05) is 31.6 Å². The number of ketones is 1. The number of hydrogen-bond acceptors (Lipinski definition) is 7. The van der Waals surface area contributed by atoms with Crippen LogP contribution in [0.1, 0.15) is 93.7 Å². The summed E-state index contributed by atoms with van der Waals surface area (Å²) < 4.78 is 33.0. The van der Waals surface area contributed by atoms with Crippen LogP contribution in [0.5, 0.6) is 0 Å². The fraction of sp³-hybridized carbons (Fsp3) is 0.323. The minimum absolute atomic E-state index is 0.0186. The predicted octanol–water partition coefficient (Wildman–Crippen LogP) is 5.04. The van der Waals surface area contributed by atoms with Gasteiger partial charge in [0.05, 0.1) is 11.8 Å². The summed E-state index contributed by atoms with van der Waals surface area (Å²) in [6, 6.07) is 9.81. The molecule has 1 amide bonds. The first-order valence-electron chi connectivity index (χ1n) is 13.4. The summed E-state index contributed by atoms with van der Waals surface area (Å²) in [5.74, 6) is -2.53. The Morgan fingerprint density at radius 2 is 1.79 bits per heavy atom. The second kappa shape index (κ2) is 12.2. The van der Waals surface area contributed by atoms with Crippen molar-refractivity contribution >= 4 is 23.3 Å². The maximum Gasteiger partial charge on any atom is 0.338 e. The van der Waals surface area contributed by atoms with Crippen molar-refractivity contribution in [3.8, 4) is 0 Å². The zero-order chi connectivity index (χ0) is 30.8. The van der Waals surface area contributed by atoms with Gasteiger partial charge >= 0.3 is 5.97 Å². The summed E-state index contributed by atoms with van der Waals surface area (Å²) >= 11 is 0. The third-order valence-corrected chi connectivity index (χ3v) is 6.69. The van der Waals surface area contributed by atoms with E-state index in [-0.39, 0.29) is 41.3 Å². The van der Waals surface area contributed by atoms with Gasteiger partial charge in [-0.2, -0.15) is 5.10 Å². The summed E-state index contributed by atoms with van der Waals surface area (Å²) in [5, 5.41) is 6.49. The first kappa shape index (κ1) is 30.4. The van der Waals surface area contributed by atoms with Gasteiger partial charge in [-0.25, -0.2) is 23.1 Å². The molecule has 0 aliphatic heterocycles. The molecule has 4 aromatic rings. The Morgan fingerprint density at radius 3 is 2.43 bits per heavy atom. The molecule has 1 aliphatic carbocycles. The molecule has 42 heavy (non-hydrogen) atoms. The van der Waals surface area contributed by atoms with Gasteiger partial charge in [-0.05, 0) is 87.1 Å². The Labute approximate surface area is 242 Å². The molecule has 2 aromatic heterocycles. The third-order valence-electron chi connectivity index (χ3n) is 6.69. The molecule has 2 heterocycles. The number of halogens is 2. The number of fused-ring (bicyclic) bond motifs is 2. The minimum atomic E-state index is -0.725. The van der Waals surface area contributed by atoms with E-state index in [0.29, 0.717) is 11.2 Å². The third kappa shape index (κ3) is 7.03. The van der Waals surface area contributed by atoms with E-state index in [1.165, 1.54) is 34.8 Å². The smallest absolute Gasteiger partial charge is 0.338 e. The van der Waals surface area contributed by atoms with Gasteiger partial charge in [-0.3, -0.25) is 9.59 Å². The molecule has 0 bridgehead atoms. The molecule has 0 radical (unpaired) electrons. The molecule has 0 spiro atoms. The highest BCUT2D eigenvalue weighted by Gasteiger charge is 2.26. The summed E-state index contributed by atoms with van der Waals surface area (Å²) in [5.41, 5.74) is 10.5. The SMILES string of the molecule is CC(=O)c1cc(C(=O)NCc2cc(F)cc(F)c2)nc2ccnn12.Cc1c(C(=O)OC(C)(C)C)ccc2c1CC[C@@H]2N. The molecule has 1 atom stereocenters. The molecule has 11 heteroatoms. The lowest BCUT2D eigenvalue weighted by Gasteiger charge is -2.21. The average molecular weight is 578 g/mol. The summed E-state index contributed by atoms with van der Waals surface area (Å²) in [4.78, 5) is 40.1. The highest BCUT2D eigenvalue weighted by molar-refractivity contribution is 5.98. The highest BCUT2D eigenvalue weighted by Crippen LogP contribution is 2.33. The Morgan fingerprint density at radius 1 is 1.10 bits per heavy atom. The van der Waals surface area contributed by atoms with Gasteiger partial charge in [0.25, 0.3) is 5.91 Å². The molecular formula is C31H33F2N5O4. The van der Waals surface area contributed by atoms with E-state index >= 15 is 0 Å². The van der Waals surface area contributed by atoms with Crippen LogP contribution in [0.15, 0.2) is 48.7 Å².